The van der Waals surface area contributed by atoms with Crippen LogP contribution in [0.4, 0.5) is 4.39 Å². The van der Waals surface area contributed by atoms with Crippen molar-refractivity contribution in [3.63, 3.8) is 0 Å². The van der Waals surface area contributed by atoms with Gasteiger partial charge in [-0.05, 0) is 29.8 Å². The predicted molar refractivity (Wildman–Crippen MR) is 121 cm³/mol. The average Bonchev–Trinajstić information content (AvgIpc) is 3.12. The zero-order valence-corrected chi connectivity index (χ0v) is 17.6. The molecule has 0 aliphatic carbocycles. The second kappa shape index (κ2) is 8.35. The molecule has 3 aromatic carbocycles. The van der Waals surface area contributed by atoms with E-state index in [4.69, 9.17) is 9.72 Å². The number of thioether (sulfide) groups is 1. The smallest absolute Gasteiger partial charge is 0.211 e. The van der Waals surface area contributed by atoms with Crippen molar-refractivity contribution in [1.29, 1.82) is 0 Å². The Morgan fingerprint density at radius 2 is 1.71 bits per heavy atom. The summed E-state index contributed by atoms with van der Waals surface area (Å²) in [6.07, 6.45) is 0. The van der Waals surface area contributed by atoms with Gasteiger partial charge in [0.05, 0.1) is 19.2 Å². The van der Waals surface area contributed by atoms with Gasteiger partial charge in [-0.3, -0.25) is 0 Å². The van der Waals surface area contributed by atoms with E-state index >= 15 is 0 Å². The molecule has 5 rings (SSSR count). The lowest BCUT2D eigenvalue weighted by atomic mass is 10.2. The molecule has 0 unspecified atom stereocenters. The van der Waals surface area contributed by atoms with Crippen LogP contribution >= 0.6 is 11.8 Å². The molecule has 0 radical (unpaired) electrons. The van der Waals surface area contributed by atoms with Gasteiger partial charge in [0.15, 0.2) is 5.65 Å². The molecule has 0 fully saturated rings. The van der Waals surface area contributed by atoms with E-state index in [0.29, 0.717) is 28.7 Å². The molecule has 0 saturated carbocycles. The summed E-state index contributed by atoms with van der Waals surface area (Å²) in [5.41, 5.74) is 4.13. The third-order valence-corrected chi connectivity index (χ3v) is 6.08. The first-order valence-electron chi connectivity index (χ1n) is 9.84. The van der Waals surface area contributed by atoms with Crippen LogP contribution in [-0.2, 0) is 12.3 Å². The molecule has 0 aliphatic heterocycles. The molecule has 7 heteroatoms. The molecule has 0 bridgehead atoms. The van der Waals surface area contributed by atoms with Crippen molar-refractivity contribution < 1.29 is 9.13 Å². The zero-order valence-electron chi connectivity index (χ0n) is 16.8. The summed E-state index contributed by atoms with van der Waals surface area (Å²) >= 11 is 1.52. The molecular formula is C24H19FN4OS. The largest absolute Gasteiger partial charge is 0.497 e. The van der Waals surface area contributed by atoms with Gasteiger partial charge in [-0.15, -0.1) is 10.2 Å². The van der Waals surface area contributed by atoms with Gasteiger partial charge in [0, 0.05) is 16.7 Å². The Morgan fingerprint density at radius 1 is 0.935 bits per heavy atom. The molecule has 154 valence electrons. The molecule has 0 amide bonds. The van der Waals surface area contributed by atoms with Crippen LogP contribution in [0.1, 0.15) is 11.1 Å². The van der Waals surface area contributed by atoms with Crippen LogP contribution in [0, 0.1) is 5.82 Å². The van der Waals surface area contributed by atoms with Crippen LogP contribution in [-0.4, -0.2) is 26.9 Å². The van der Waals surface area contributed by atoms with E-state index in [-0.39, 0.29) is 5.82 Å². The highest BCUT2D eigenvalue weighted by Crippen LogP contribution is 2.29. The van der Waals surface area contributed by atoms with Crippen LogP contribution in [0.3, 0.4) is 0 Å². The van der Waals surface area contributed by atoms with Gasteiger partial charge in [0.25, 0.3) is 0 Å². The monoisotopic (exact) mass is 430 g/mol. The summed E-state index contributed by atoms with van der Waals surface area (Å²) in [6, 6.07) is 22.7. The van der Waals surface area contributed by atoms with Crippen molar-refractivity contribution in [1.82, 2.24) is 19.7 Å². The van der Waals surface area contributed by atoms with E-state index in [1.54, 1.807) is 19.2 Å². The van der Waals surface area contributed by atoms with Gasteiger partial charge in [-0.25, -0.2) is 9.37 Å². The number of ether oxygens (including phenoxy) is 1. The van der Waals surface area contributed by atoms with Crippen LogP contribution in [0.15, 0.2) is 78.0 Å². The van der Waals surface area contributed by atoms with Gasteiger partial charge in [-0.2, -0.15) is 0 Å². The maximum absolute atomic E-state index is 14.3. The third-order valence-electron chi connectivity index (χ3n) is 5.17. The highest BCUT2D eigenvalue weighted by Gasteiger charge is 2.16. The standard InChI is InChI=1S/C24H19FN4OS/c1-30-18-12-10-16(11-13-18)15-31-24-26-23-22(27-28-24)19-7-3-5-9-21(19)29(23)14-17-6-2-4-8-20(17)25/h2-13H,14-15H2,1H3. The molecule has 0 saturated heterocycles. The lowest BCUT2D eigenvalue weighted by Gasteiger charge is -2.08. The quantitative estimate of drug-likeness (QED) is 0.335. The Kier molecular flexibility index (Phi) is 5.26. The van der Waals surface area contributed by atoms with Crippen molar-refractivity contribution in [2.75, 3.05) is 7.11 Å². The number of rotatable bonds is 6. The zero-order chi connectivity index (χ0) is 21.2. The number of halogens is 1. The SMILES string of the molecule is COc1ccc(CSc2nnc3c4ccccc4n(Cc4ccccc4F)c3n2)cc1. The van der Waals surface area contributed by atoms with Crippen molar-refractivity contribution in [3.8, 4) is 5.75 Å². The summed E-state index contributed by atoms with van der Waals surface area (Å²) in [4.78, 5) is 4.79. The van der Waals surface area contributed by atoms with Gasteiger partial charge < -0.3 is 9.30 Å². The minimum atomic E-state index is -0.232. The van der Waals surface area contributed by atoms with E-state index in [2.05, 4.69) is 10.2 Å². The maximum atomic E-state index is 14.3. The van der Waals surface area contributed by atoms with Gasteiger partial charge >= 0.3 is 0 Å². The van der Waals surface area contributed by atoms with Gasteiger partial charge in [0.2, 0.25) is 5.16 Å². The highest BCUT2D eigenvalue weighted by atomic mass is 32.2. The number of benzene rings is 3. The fourth-order valence-corrected chi connectivity index (χ4v) is 4.31. The average molecular weight is 431 g/mol. The fraction of sp³-hybridized carbons (Fsp3) is 0.125. The van der Waals surface area contributed by atoms with Crippen LogP contribution in [0.25, 0.3) is 22.1 Å². The van der Waals surface area contributed by atoms with Crippen LogP contribution in [0.2, 0.25) is 0 Å². The molecule has 0 atom stereocenters. The molecule has 0 N–H and O–H groups in total. The molecular weight excluding hydrogens is 411 g/mol. The second-order valence-corrected chi connectivity index (χ2v) is 8.04. The Morgan fingerprint density at radius 3 is 2.52 bits per heavy atom. The molecule has 2 aromatic heterocycles. The first kappa shape index (κ1) is 19.5. The maximum Gasteiger partial charge on any atom is 0.211 e. The van der Waals surface area contributed by atoms with Crippen LogP contribution < -0.4 is 4.74 Å². The fourth-order valence-electron chi connectivity index (χ4n) is 3.58. The predicted octanol–water partition coefficient (Wildman–Crippen LogP) is 5.47. The number of nitrogens with zero attached hydrogens (tertiary/aromatic N) is 4. The number of hydrogen-bond donors (Lipinski definition) is 0. The number of fused-ring (bicyclic) bond motifs is 3. The summed E-state index contributed by atoms with van der Waals surface area (Å²) in [6.45, 7) is 0.373. The first-order valence-corrected chi connectivity index (χ1v) is 10.8. The number of para-hydroxylation sites is 1. The van der Waals surface area contributed by atoms with E-state index in [9.17, 15) is 4.39 Å². The summed E-state index contributed by atoms with van der Waals surface area (Å²) < 4.78 is 21.6. The lowest BCUT2D eigenvalue weighted by molar-refractivity contribution is 0.414. The number of methoxy groups -OCH3 is 1. The van der Waals surface area contributed by atoms with Crippen molar-refractivity contribution >= 4 is 33.8 Å². The summed E-state index contributed by atoms with van der Waals surface area (Å²) in [7, 11) is 1.65. The minimum Gasteiger partial charge on any atom is -0.497 e. The Hall–Kier alpha value is -3.45. The van der Waals surface area contributed by atoms with Gasteiger partial charge in [0.1, 0.15) is 17.1 Å². The molecule has 0 aliphatic rings. The number of aromatic nitrogens is 4. The van der Waals surface area contributed by atoms with E-state index in [1.807, 2.05) is 59.2 Å². The molecule has 2 heterocycles. The van der Waals surface area contributed by atoms with Gasteiger partial charge in [-0.1, -0.05) is 60.3 Å². The van der Waals surface area contributed by atoms with Crippen molar-refractivity contribution in [2.24, 2.45) is 0 Å². The van der Waals surface area contributed by atoms with Crippen LogP contribution in [0.5, 0.6) is 5.75 Å². The summed E-state index contributed by atoms with van der Waals surface area (Å²) in [5.74, 6) is 1.31. The van der Waals surface area contributed by atoms with Crippen molar-refractivity contribution in [3.05, 3.63) is 89.7 Å². The lowest BCUT2D eigenvalue weighted by Crippen LogP contribution is -2.04. The molecule has 5 aromatic rings. The minimum absolute atomic E-state index is 0.232. The molecule has 0 spiro atoms. The molecule has 5 nitrogen and oxygen atoms in total. The highest BCUT2D eigenvalue weighted by molar-refractivity contribution is 7.98. The Bertz CT molecular complexity index is 1370. The first-order chi connectivity index (χ1) is 15.2. The number of hydrogen-bond acceptors (Lipinski definition) is 5. The van der Waals surface area contributed by atoms with E-state index in [1.165, 1.54) is 17.8 Å². The molecule has 31 heavy (non-hydrogen) atoms. The normalized spacial score (nSPS) is 11.3. The topological polar surface area (TPSA) is 52.8 Å². The van der Waals surface area contributed by atoms with E-state index < -0.39 is 0 Å². The Labute approximate surface area is 182 Å². The second-order valence-electron chi connectivity index (χ2n) is 7.10. The van der Waals surface area contributed by atoms with E-state index in [0.717, 1.165) is 27.7 Å². The van der Waals surface area contributed by atoms with Crippen molar-refractivity contribution in [2.45, 2.75) is 17.5 Å². The Balaban J connectivity index is 1.52. The third kappa shape index (κ3) is 3.84. The summed E-state index contributed by atoms with van der Waals surface area (Å²) in [5, 5.41) is 10.3.